The van der Waals surface area contributed by atoms with E-state index in [1.165, 1.54) is 0 Å². The van der Waals surface area contributed by atoms with Crippen molar-refractivity contribution < 1.29 is 0 Å². The fraction of sp³-hybridized carbons (Fsp3) is 0.643. The van der Waals surface area contributed by atoms with Crippen LogP contribution in [-0.2, 0) is 6.54 Å². The highest BCUT2D eigenvalue weighted by Gasteiger charge is 2.12. The number of anilines is 1. The number of rotatable bonds is 7. The SMILES string of the molecule is CCCN(CCN(C)C)c1nc(C)ccc1CN. The summed E-state index contributed by atoms with van der Waals surface area (Å²) in [6, 6.07) is 4.12. The minimum absolute atomic E-state index is 0.546. The highest BCUT2D eigenvalue weighted by molar-refractivity contribution is 5.47. The fourth-order valence-electron chi connectivity index (χ4n) is 1.92. The molecule has 1 heterocycles. The number of pyridine rings is 1. The van der Waals surface area contributed by atoms with E-state index in [1.54, 1.807) is 0 Å². The average molecular weight is 250 g/mol. The molecule has 0 aliphatic carbocycles. The van der Waals surface area contributed by atoms with E-state index < -0.39 is 0 Å². The van der Waals surface area contributed by atoms with Crippen molar-refractivity contribution in [2.45, 2.75) is 26.8 Å². The molecule has 1 aromatic heterocycles. The number of aryl methyl sites for hydroxylation is 1. The lowest BCUT2D eigenvalue weighted by Crippen LogP contribution is -2.34. The van der Waals surface area contributed by atoms with Crippen LogP contribution in [0, 0.1) is 6.92 Å². The van der Waals surface area contributed by atoms with E-state index in [1.807, 2.05) is 13.0 Å². The molecule has 0 radical (unpaired) electrons. The van der Waals surface area contributed by atoms with Gasteiger partial charge >= 0.3 is 0 Å². The molecule has 1 rings (SSSR count). The van der Waals surface area contributed by atoms with Gasteiger partial charge in [-0.3, -0.25) is 0 Å². The average Bonchev–Trinajstić information content (AvgIpc) is 2.34. The van der Waals surface area contributed by atoms with Crippen molar-refractivity contribution >= 4 is 5.82 Å². The van der Waals surface area contributed by atoms with Crippen LogP contribution in [0.15, 0.2) is 12.1 Å². The van der Waals surface area contributed by atoms with Crippen LogP contribution in [0.1, 0.15) is 24.6 Å². The number of likely N-dealkylation sites (N-methyl/N-ethyl adjacent to an activating group) is 1. The zero-order chi connectivity index (χ0) is 13.5. The molecule has 0 saturated heterocycles. The van der Waals surface area contributed by atoms with Crippen LogP contribution in [0.5, 0.6) is 0 Å². The first-order chi connectivity index (χ1) is 8.58. The maximum absolute atomic E-state index is 5.81. The maximum atomic E-state index is 5.81. The quantitative estimate of drug-likeness (QED) is 0.799. The van der Waals surface area contributed by atoms with Gasteiger partial charge in [-0.1, -0.05) is 13.0 Å². The third-order valence-corrected chi connectivity index (χ3v) is 2.93. The molecule has 0 aliphatic heterocycles. The second-order valence-electron chi connectivity index (χ2n) is 4.93. The van der Waals surface area contributed by atoms with Gasteiger partial charge in [0.15, 0.2) is 0 Å². The summed E-state index contributed by atoms with van der Waals surface area (Å²) in [5.74, 6) is 1.06. The summed E-state index contributed by atoms with van der Waals surface area (Å²) in [5.41, 5.74) is 7.99. The highest BCUT2D eigenvalue weighted by atomic mass is 15.2. The van der Waals surface area contributed by atoms with Crippen LogP contribution < -0.4 is 10.6 Å². The summed E-state index contributed by atoms with van der Waals surface area (Å²) in [4.78, 5) is 9.21. The normalized spacial score (nSPS) is 11.0. The molecule has 0 spiro atoms. The monoisotopic (exact) mass is 250 g/mol. The zero-order valence-electron chi connectivity index (χ0n) is 12.1. The van der Waals surface area contributed by atoms with Crippen molar-refractivity contribution in [1.82, 2.24) is 9.88 Å². The zero-order valence-corrected chi connectivity index (χ0v) is 12.1. The number of nitrogens with two attached hydrogens (primary N) is 1. The van der Waals surface area contributed by atoms with Gasteiger partial charge in [-0.05, 0) is 33.5 Å². The fourth-order valence-corrected chi connectivity index (χ4v) is 1.92. The van der Waals surface area contributed by atoms with Crippen LogP contribution in [0.2, 0.25) is 0 Å². The molecule has 18 heavy (non-hydrogen) atoms. The number of hydrogen-bond acceptors (Lipinski definition) is 4. The minimum Gasteiger partial charge on any atom is -0.355 e. The van der Waals surface area contributed by atoms with Crippen molar-refractivity contribution in [3.05, 3.63) is 23.4 Å². The Bertz CT molecular complexity index is 363. The first-order valence-electron chi connectivity index (χ1n) is 6.64. The second kappa shape index (κ2) is 7.34. The summed E-state index contributed by atoms with van der Waals surface area (Å²) < 4.78 is 0. The van der Waals surface area contributed by atoms with Gasteiger partial charge in [-0.15, -0.1) is 0 Å². The van der Waals surface area contributed by atoms with Gasteiger partial charge in [0.1, 0.15) is 5.82 Å². The minimum atomic E-state index is 0.546. The molecule has 4 heteroatoms. The predicted octanol–water partition coefficient (Wildman–Crippen LogP) is 1.63. The lowest BCUT2D eigenvalue weighted by molar-refractivity contribution is 0.412. The van der Waals surface area contributed by atoms with Crippen LogP contribution in [-0.4, -0.2) is 43.6 Å². The van der Waals surface area contributed by atoms with Crippen LogP contribution in [0.3, 0.4) is 0 Å². The van der Waals surface area contributed by atoms with E-state index in [2.05, 4.69) is 41.9 Å². The Hall–Kier alpha value is -1.13. The van der Waals surface area contributed by atoms with E-state index in [-0.39, 0.29) is 0 Å². The van der Waals surface area contributed by atoms with Gasteiger partial charge in [0.05, 0.1) is 0 Å². The summed E-state index contributed by atoms with van der Waals surface area (Å²) in [7, 11) is 4.19. The Morgan fingerprint density at radius 1 is 1.17 bits per heavy atom. The molecular formula is C14H26N4. The molecule has 0 bridgehead atoms. The lowest BCUT2D eigenvalue weighted by Gasteiger charge is -2.27. The molecule has 102 valence electrons. The Labute approximate surface area is 111 Å². The third kappa shape index (κ3) is 4.27. The van der Waals surface area contributed by atoms with Gasteiger partial charge in [-0.25, -0.2) is 4.98 Å². The molecule has 0 unspecified atom stereocenters. The molecule has 0 aromatic carbocycles. The van der Waals surface area contributed by atoms with E-state index in [4.69, 9.17) is 5.73 Å². The van der Waals surface area contributed by atoms with Crippen molar-refractivity contribution in [2.24, 2.45) is 5.73 Å². The standard InChI is InChI=1S/C14H26N4/c1-5-8-18(10-9-17(3)4)14-13(11-15)7-6-12(2)16-14/h6-7H,5,8-11,15H2,1-4H3. The van der Waals surface area contributed by atoms with Crippen molar-refractivity contribution in [3.63, 3.8) is 0 Å². The lowest BCUT2D eigenvalue weighted by atomic mass is 10.2. The Morgan fingerprint density at radius 3 is 2.44 bits per heavy atom. The van der Waals surface area contributed by atoms with Gasteiger partial charge in [0.25, 0.3) is 0 Å². The largest absolute Gasteiger partial charge is 0.355 e. The summed E-state index contributed by atoms with van der Waals surface area (Å²) in [6.45, 7) is 7.81. The molecule has 1 aromatic rings. The Balaban J connectivity index is 2.92. The molecular weight excluding hydrogens is 224 g/mol. The third-order valence-electron chi connectivity index (χ3n) is 2.93. The van der Waals surface area contributed by atoms with Gasteiger partial charge in [-0.2, -0.15) is 0 Å². The molecule has 0 saturated carbocycles. The van der Waals surface area contributed by atoms with Crippen molar-refractivity contribution in [3.8, 4) is 0 Å². The molecule has 0 atom stereocenters. The van der Waals surface area contributed by atoms with E-state index in [0.717, 1.165) is 43.1 Å². The molecule has 0 amide bonds. The second-order valence-corrected chi connectivity index (χ2v) is 4.93. The Kier molecular flexibility index (Phi) is 6.09. The summed E-state index contributed by atoms with van der Waals surface area (Å²) >= 11 is 0. The molecule has 2 N–H and O–H groups in total. The van der Waals surface area contributed by atoms with Crippen LogP contribution in [0.25, 0.3) is 0 Å². The van der Waals surface area contributed by atoms with Crippen LogP contribution in [0.4, 0.5) is 5.82 Å². The van der Waals surface area contributed by atoms with Gasteiger partial charge in [0, 0.05) is 37.4 Å². The first-order valence-corrected chi connectivity index (χ1v) is 6.64. The topological polar surface area (TPSA) is 45.4 Å². The molecule has 0 fully saturated rings. The Morgan fingerprint density at radius 2 is 1.89 bits per heavy atom. The first kappa shape index (κ1) is 14.9. The smallest absolute Gasteiger partial charge is 0.133 e. The van der Waals surface area contributed by atoms with E-state index >= 15 is 0 Å². The summed E-state index contributed by atoms with van der Waals surface area (Å²) in [6.07, 6.45) is 1.12. The van der Waals surface area contributed by atoms with Crippen molar-refractivity contribution in [1.29, 1.82) is 0 Å². The number of nitrogens with zero attached hydrogens (tertiary/aromatic N) is 3. The van der Waals surface area contributed by atoms with Gasteiger partial charge < -0.3 is 15.5 Å². The van der Waals surface area contributed by atoms with E-state index in [0.29, 0.717) is 6.54 Å². The highest BCUT2D eigenvalue weighted by Crippen LogP contribution is 2.18. The molecule has 0 aliphatic rings. The predicted molar refractivity (Wildman–Crippen MR) is 77.9 cm³/mol. The van der Waals surface area contributed by atoms with Crippen LogP contribution >= 0.6 is 0 Å². The summed E-state index contributed by atoms with van der Waals surface area (Å²) in [5, 5.41) is 0. The maximum Gasteiger partial charge on any atom is 0.133 e. The van der Waals surface area contributed by atoms with Crippen molar-refractivity contribution in [2.75, 3.05) is 38.6 Å². The van der Waals surface area contributed by atoms with E-state index in [9.17, 15) is 0 Å². The number of hydrogen-bond donors (Lipinski definition) is 1. The number of aromatic nitrogens is 1. The van der Waals surface area contributed by atoms with Gasteiger partial charge in [0.2, 0.25) is 0 Å². The molecule has 4 nitrogen and oxygen atoms in total.